The van der Waals surface area contributed by atoms with Crippen LogP contribution in [0.3, 0.4) is 0 Å². The molecule has 2 aromatic heterocycles. The average Bonchev–Trinajstić information content (AvgIpc) is 3.04. The maximum Gasteiger partial charge on any atom is 0.147 e. The molecular formula is C18H23N5. The van der Waals surface area contributed by atoms with E-state index in [4.69, 9.17) is 0 Å². The van der Waals surface area contributed by atoms with Crippen molar-refractivity contribution in [2.45, 2.75) is 38.1 Å². The van der Waals surface area contributed by atoms with Gasteiger partial charge in [0.2, 0.25) is 0 Å². The largest absolute Gasteiger partial charge is 0.361 e. The maximum atomic E-state index is 4.41. The number of rotatable bonds is 4. The summed E-state index contributed by atoms with van der Waals surface area (Å²) in [6.45, 7) is 1.91. The van der Waals surface area contributed by atoms with E-state index >= 15 is 0 Å². The lowest BCUT2D eigenvalue weighted by molar-refractivity contribution is 0.167. The summed E-state index contributed by atoms with van der Waals surface area (Å²) in [7, 11) is 4.35. The van der Waals surface area contributed by atoms with Gasteiger partial charge < -0.3 is 9.88 Å². The Kier molecular flexibility index (Phi) is 3.45. The lowest BCUT2D eigenvalue weighted by Crippen LogP contribution is -2.39. The number of nitrogens with one attached hydrogen (secondary N) is 2. The van der Waals surface area contributed by atoms with Crippen LogP contribution < -0.4 is 0 Å². The molecule has 1 aromatic carbocycles. The molecule has 0 spiro atoms. The van der Waals surface area contributed by atoms with Gasteiger partial charge in [-0.05, 0) is 63.0 Å². The highest BCUT2D eigenvalue weighted by molar-refractivity contribution is 5.84. The number of aromatic nitrogens is 4. The lowest BCUT2D eigenvalue weighted by Gasteiger charge is -2.39. The Morgan fingerprint density at radius 1 is 1.26 bits per heavy atom. The highest BCUT2D eigenvalue weighted by Crippen LogP contribution is 2.41. The van der Waals surface area contributed by atoms with Crippen LogP contribution in [-0.4, -0.2) is 45.2 Å². The molecule has 1 saturated carbocycles. The van der Waals surface area contributed by atoms with Gasteiger partial charge in [0.1, 0.15) is 11.6 Å². The number of H-pyrrole nitrogens is 2. The predicted octanol–water partition coefficient (Wildman–Crippen LogP) is 2.99. The third-order valence-corrected chi connectivity index (χ3v) is 5.08. The number of fused-ring (bicyclic) bond motifs is 1. The standard InChI is InChI=1S/C18H23N5/c1-11-20-18(22-21-11)7-12-4-5-17-15(6-12)16(10-19-17)13-8-14(9-13)23(2)3/h4-6,10,13-14,19H,7-9H2,1-3H3,(H,20,21,22)/t13-,14-. The molecule has 120 valence electrons. The van der Waals surface area contributed by atoms with Gasteiger partial charge in [0, 0.05) is 29.6 Å². The van der Waals surface area contributed by atoms with Gasteiger partial charge in [-0.15, -0.1) is 0 Å². The summed E-state index contributed by atoms with van der Waals surface area (Å²) in [5.74, 6) is 2.40. The van der Waals surface area contributed by atoms with Crippen molar-refractivity contribution in [1.82, 2.24) is 25.1 Å². The van der Waals surface area contributed by atoms with Gasteiger partial charge in [0.15, 0.2) is 0 Å². The Bertz CT molecular complexity index is 823. The molecule has 0 saturated heterocycles. The highest BCUT2D eigenvalue weighted by Gasteiger charge is 2.32. The molecule has 0 atom stereocenters. The van der Waals surface area contributed by atoms with Crippen molar-refractivity contribution in [1.29, 1.82) is 0 Å². The Morgan fingerprint density at radius 2 is 2.09 bits per heavy atom. The molecule has 3 aromatic rings. The number of hydrogen-bond donors (Lipinski definition) is 2. The molecular weight excluding hydrogens is 286 g/mol. The first-order valence-corrected chi connectivity index (χ1v) is 8.24. The van der Waals surface area contributed by atoms with Gasteiger partial charge in [-0.2, -0.15) is 5.10 Å². The van der Waals surface area contributed by atoms with Gasteiger partial charge >= 0.3 is 0 Å². The van der Waals surface area contributed by atoms with Gasteiger partial charge in [-0.3, -0.25) is 5.10 Å². The predicted molar refractivity (Wildman–Crippen MR) is 91.7 cm³/mol. The molecule has 0 unspecified atom stereocenters. The van der Waals surface area contributed by atoms with Crippen LogP contribution in [0.2, 0.25) is 0 Å². The molecule has 1 fully saturated rings. The molecule has 1 aliphatic carbocycles. The zero-order valence-corrected chi connectivity index (χ0v) is 13.9. The van der Waals surface area contributed by atoms with Crippen LogP contribution in [0.4, 0.5) is 0 Å². The van der Waals surface area contributed by atoms with E-state index in [1.807, 2.05) is 6.92 Å². The summed E-state index contributed by atoms with van der Waals surface area (Å²) in [4.78, 5) is 10.2. The quantitative estimate of drug-likeness (QED) is 0.779. The zero-order valence-electron chi connectivity index (χ0n) is 13.9. The first kappa shape index (κ1) is 14.5. The second-order valence-corrected chi connectivity index (χ2v) is 6.92. The van der Waals surface area contributed by atoms with Crippen molar-refractivity contribution < 1.29 is 0 Å². The van der Waals surface area contributed by atoms with Gasteiger partial charge in [0.05, 0.1) is 0 Å². The van der Waals surface area contributed by atoms with Gasteiger partial charge in [-0.25, -0.2) is 4.98 Å². The van der Waals surface area contributed by atoms with Crippen LogP contribution in [0.15, 0.2) is 24.4 Å². The van der Waals surface area contributed by atoms with Crippen molar-refractivity contribution >= 4 is 10.9 Å². The van der Waals surface area contributed by atoms with Crippen LogP contribution in [0.25, 0.3) is 10.9 Å². The molecule has 0 radical (unpaired) electrons. The summed E-state index contributed by atoms with van der Waals surface area (Å²) in [5.41, 5.74) is 3.97. The second kappa shape index (κ2) is 5.49. The van der Waals surface area contributed by atoms with Crippen molar-refractivity contribution in [2.75, 3.05) is 14.1 Å². The fourth-order valence-electron chi connectivity index (χ4n) is 3.56. The van der Waals surface area contributed by atoms with E-state index in [2.05, 4.69) is 63.6 Å². The number of hydrogen-bond acceptors (Lipinski definition) is 3. The molecule has 2 heterocycles. The smallest absolute Gasteiger partial charge is 0.147 e. The van der Waals surface area contributed by atoms with Crippen molar-refractivity contribution in [2.24, 2.45) is 0 Å². The van der Waals surface area contributed by atoms with E-state index in [1.165, 1.54) is 34.9 Å². The van der Waals surface area contributed by atoms with Gasteiger partial charge in [-0.1, -0.05) is 6.07 Å². The third kappa shape index (κ3) is 2.65. The van der Waals surface area contributed by atoms with Crippen LogP contribution in [0.1, 0.15) is 41.5 Å². The fraction of sp³-hybridized carbons (Fsp3) is 0.444. The van der Waals surface area contributed by atoms with Crippen molar-refractivity contribution in [3.8, 4) is 0 Å². The molecule has 23 heavy (non-hydrogen) atoms. The Labute approximate surface area is 136 Å². The summed E-state index contributed by atoms with van der Waals surface area (Å²) >= 11 is 0. The summed E-state index contributed by atoms with van der Waals surface area (Å²) in [6, 6.07) is 7.39. The summed E-state index contributed by atoms with van der Waals surface area (Å²) in [6.07, 6.45) is 5.51. The van der Waals surface area contributed by atoms with E-state index in [0.717, 1.165) is 24.1 Å². The molecule has 0 aliphatic heterocycles. The topological polar surface area (TPSA) is 60.6 Å². The number of nitrogens with zero attached hydrogens (tertiary/aromatic N) is 3. The monoisotopic (exact) mass is 309 g/mol. The Morgan fingerprint density at radius 3 is 2.78 bits per heavy atom. The number of aryl methyl sites for hydroxylation is 1. The van der Waals surface area contributed by atoms with Crippen molar-refractivity contribution in [3.63, 3.8) is 0 Å². The maximum absolute atomic E-state index is 4.41. The van der Waals surface area contributed by atoms with E-state index < -0.39 is 0 Å². The normalized spacial score (nSPS) is 21.0. The van der Waals surface area contributed by atoms with Crippen LogP contribution in [-0.2, 0) is 6.42 Å². The summed E-state index contributed by atoms with van der Waals surface area (Å²) in [5, 5.41) is 8.47. The van der Waals surface area contributed by atoms with Crippen LogP contribution in [0, 0.1) is 6.92 Å². The van der Waals surface area contributed by atoms with Crippen molar-refractivity contribution in [3.05, 3.63) is 47.2 Å². The minimum absolute atomic E-state index is 0.680. The molecule has 5 heteroatoms. The lowest BCUT2D eigenvalue weighted by atomic mass is 9.75. The number of aromatic amines is 2. The molecule has 4 rings (SSSR count). The van der Waals surface area contributed by atoms with Crippen LogP contribution >= 0.6 is 0 Å². The highest BCUT2D eigenvalue weighted by atomic mass is 15.2. The first-order valence-electron chi connectivity index (χ1n) is 8.24. The Hall–Kier alpha value is -2.14. The first-order chi connectivity index (χ1) is 11.1. The summed E-state index contributed by atoms with van der Waals surface area (Å²) < 4.78 is 0. The molecule has 0 bridgehead atoms. The molecule has 1 aliphatic rings. The van der Waals surface area contributed by atoms with E-state index in [9.17, 15) is 0 Å². The average molecular weight is 309 g/mol. The minimum atomic E-state index is 0.680. The third-order valence-electron chi connectivity index (χ3n) is 5.08. The number of benzene rings is 1. The molecule has 2 N–H and O–H groups in total. The van der Waals surface area contributed by atoms with E-state index in [0.29, 0.717) is 5.92 Å². The second-order valence-electron chi connectivity index (χ2n) is 6.92. The van der Waals surface area contributed by atoms with E-state index in [1.54, 1.807) is 0 Å². The Balaban J connectivity index is 1.59. The SMILES string of the molecule is Cc1n[nH]c(Cc2ccc3[nH]cc([C@H]4C[C@H](N(C)C)C4)c3c2)n1. The molecule has 5 nitrogen and oxygen atoms in total. The zero-order chi connectivity index (χ0) is 16.0. The van der Waals surface area contributed by atoms with E-state index in [-0.39, 0.29) is 0 Å². The molecule has 0 amide bonds. The van der Waals surface area contributed by atoms with Gasteiger partial charge in [0.25, 0.3) is 0 Å². The minimum Gasteiger partial charge on any atom is -0.361 e. The fourth-order valence-corrected chi connectivity index (χ4v) is 3.56. The van der Waals surface area contributed by atoms with Crippen LogP contribution in [0.5, 0.6) is 0 Å².